The van der Waals surface area contributed by atoms with Crippen LogP contribution in [0.2, 0.25) is 0 Å². The standard InChI is InChI=1S/C13H28N2O2S/c1-11(2)14-9-12(3)18(16,17)15-8-6-7-13(4,5)10-15/h11-12,14H,6-10H2,1-5H3. The second-order valence-electron chi connectivity index (χ2n) is 6.52. The van der Waals surface area contributed by atoms with E-state index in [1.54, 1.807) is 11.2 Å². The summed E-state index contributed by atoms with van der Waals surface area (Å²) in [6, 6.07) is 0.320. The van der Waals surface area contributed by atoms with Gasteiger partial charge in [-0.05, 0) is 25.2 Å². The second-order valence-corrected chi connectivity index (χ2v) is 8.87. The molecule has 0 saturated carbocycles. The van der Waals surface area contributed by atoms with Crippen LogP contribution in [-0.2, 0) is 10.0 Å². The van der Waals surface area contributed by atoms with Gasteiger partial charge in [-0.3, -0.25) is 0 Å². The third kappa shape index (κ3) is 4.21. The highest BCUT2D eigenvalue weighted by Crippen LogP contribution is 2.30. The zero-order valence-corrected chi connectivity index (χ0v) is 13.2. The number of hydrogen-bond acceptors (Lipinski definition) is 3. The van der Waals surface area contributed by atoms with Crippen LogP contribution < -0.4 is 5.32 Å². The molecule has 1 saturated heterocycles. The van der Waals surface area contributed by atoms with Gasteiger partial charge in [-0.2, -0.15) is 0 Å². The molecule has 1 fully saturated rings. The fourth-order valence-corrected chi connectivity index (χ4v) is 4.08. The summed E-state index contributed by atoms with van der Waals surface area (Å²) in [4.78, 5) is 0. The lowest BCUT2D eigenvalue weighted by Gasteiger charge is -2.38. The Balaban J connectivity index is 2.67. The molecule has 4 nitrogen and oxygen atoms in total. The van der Waals surface area contributed by atoms with Crippen molar-refractivity contribution < 1.29 is 8.42 Å². The molecular formula is C13H28N2O2S. The Morgan fingerprint density at radius 2 is 1.89 bits per heavy atom. The highest BCUT2D eigenvalue weighted by molar-refractivity contribution is 7.89. The van der Waals surface area contributed by atoms with Gasteiger partial charge < -0.3 is 5.32 Å². The SMILES string of the molecule is CC(C)NCC(C)S(=O)(=O)N1CCCC(C)(C)C1. The zero-order chi connectivity index (χ0) is 14.0. The zero-order valence-electron chi connectivity index (χ0n) is 12.4. The first-order valence-electron chi connectivity index (χ1n) is 6.87. The highest BCUT2D eigenvalue weighted by atomic mass is 32.2. The van der Waals surface area contributed by atoms with E-state index in [-0.39, 0.29) is 10.7 Å². The predicted octanol–water partition coefficient (Wildman–Crippen LogP) is 1.82. The minimum Gasteiger partial charge on any atom is -0.313 e. The van der Waals surface area contributed by atoms with Gasteiger partial charge in [0.15, 0.2) is 0 Å². The largest absolute Gasteiger partial charge is 0.313 e. The van der Waals surface area contributed by atoms with E-state index in [0.29, 0.717) is 25.7 Å². The van der Waals surface area contributed by atoms with Gasteiger partial charge in [0.1, 0.15) is 0 Å². The summed E-state index contributed by atoms with van der Waals surface area (Å²) >= 11 is 0. The molecule has 1 unspecified atom stereocenters. The summed E-state index contributed by atoms with van der Waals surface area (Å²) in [5, 5.41) is 2.85. The molecule has 0 amide bonds. The molecule has 0 spiro atoms. The topological polar surface area (TPSA) is 49.4 Å². The predicted molar refractivity (Wildman–Crippen MR) is 76.1 cm³/mol. The van der Waals surface area contributed by atoms with Crippen LogP contribution in [0.1, 0.15) is 47.5 Å². The van der Waals surface area contributed by atoms with E-state index < -0.39 is 10.0 Å². The fourth-order valence-electron chi connectivity index (χ4n) is 2.35. The van der Waals surface area contributed by atoms with E-state index in [9.17, 15) is 8.42 Å². The maximum atomic E-state index is 12.5. The van der Waals surface area contributed by atoms with Gasteiger partial charge >= 0.3 is 0 Å². The summed E-state index contributed by atoms with van der Waals surface area (Å²) in [5.74, 6) is 0. The van der Waals surface area contributed by atoms with E-state index in [1.165, 1.54) is 0 Å². The Kier molecular flexibility index (Phi) is 5.21. The van der Waals surface area contributed by atoms with E-state index in [0.717, 1.165) is 12.8 Å². The van der Waals surface area contributed by atoms with Crippen molar-refractivity contribution in [3.63, 3.8) is 0 Å². The molecule has 0 aromatic carbocycles. The maximum absolute atomic E-state index is 12.5. The van der Waals surface area contributed by atoms with Crippen LogP contribution in [0.15, 0.2) is 0 Å². The van der Waals surface area contributed by atoms with Crippen LogP contribution in [0, 0.1) is 5.41 Å². The lowest BCUT2D eigenvalue weighted by atomic mass is 9.85. The Morgan fingerprint density at radius 1 is 1.28 bits per heavy atom. The highest BCUT2D eigenvalue weighted by Gasteiger charge is 2.35. The molecule has 5 heteroatoms. The molecule has 0 aliphatic carbocycles. The molecule has 0 aromatic heterocycles. The summed E-state index contributed by atoms with van der Waals surface area (Å²) in [6.07, 6.45) is 2.08. The molecule has 1 rings (SSSR count). The first-order chi connectivity index (χ1) is 8.15. The van der Waals surface area contributed by atoms with Gasteiger partial charge in [0.25, 0.3) is 0 Å². The molecular weight excluding hydrogens is 248 g/mol. The summed E-state index contributed by atoms with van der Waals surface area (Å²) in [7, 11) is -3.16. The number of nitrogens with one attached hydrogen (secondary N) is 1. The van der Waals surface area contributed by atoms with E-state index >= 15 is 0 Å². The maximum Gasteiger partial charge on any atom is 0.217 e. The van der Waals surface area contributed by atoms with Crippen molar-refractivity contribution >= 4 is 10.0 Å². The van der Waals surface area contributed by atoms with Crippen molar-refractivity contribution in [2.45, 2.75) is 58.8 Å². The minimum absolute atomic E-state index is 0.108. The van der Waals surface area contributed by atoms with Gasteiger partial charge in [-0.1, -0.05) is 27.7 Å². The quantitative estimate of drug-likeness (QED) is 0.833. The third-order valence-electron chi connectivity index (χ3n) is 3.55. The molecule has 1 heterocycles. The number of hydrogen-bond donors (Lipinski definition) is 1. The number of sulfonamides is 1. The molecule has 0 radical (unpaired) electrons. The van der Waals surface area contributed by atoms with E-state index in [1.807, 2.05) is 13.8 Å². The number of piperidine rings is 1. The van der Waals surface area contributed by atoms with Crippen LogP contribution in [-0.4, -0.2) is 43.6 Å². The molecule has 0 aromatic rings. The summed E-state index contributed by atoms with van der Waals surface area (Å²) < 4.78 is 26.6. The molecule has 0 bridgehead atoms. The van der Waals surface area contributed by atoms with Crippen molar-refractivity contribution in [3.05, 3.63) is 0 Å². The second kappa shape index (κ2) is 5.88. The first kappa shape index (κ1) is 15.9. The Bertz CT molecular complexity index is 363. The molecule has 18 heavy (non-hydrogen) atoms. The van der Waals surface area contributed by atoms with Gasteiger partial charge in [-0.15, -0.1) is 0 Å². The average molecular weight is 276 g/mol. The van der Waals surface area contributed by atoms with Crippen molar-refractivity contribution in [2.75, 3.05) is 19.6 Å². The van der Waals surface area contributed by atoms with E-state index in [4.69, 9.17) is 0 Å². The summed E-state index contributed by atoms with van der Waals surface area (Å²) in [5.41, 5.74) is 0.108. The molecule has 1 N–H and O–H groups in total. The molecule has 1 aliphatic heterocycles. The number of nitrogens with zero attached hydrogens (tertiary/aromatic N) is 1. The van der Waals surface area contributed by atoms with Crippen LogP contribution >= 0.6 is 0 Å². The summed E-state index contributed by atoms with van der Waals surface area (Å²) in [6.45, 7) is 12.0. The van der Waals surface area contributed by atoms with Crippen molar-refractivity contribution in [1.82, 2.24) is 9.62 Å². The Hall–Kier alpha value is -0.130. The molecule has 1 atom stereocenters. The van der Waals surface area contributed by atoms with Gasteiger partial charge in [0.2, 0.25) is 10.0 Å². The molecule has 108 valence electrons. The Morgan fingerprint density at radius 3 is 2.39 bits per heavy atom. The minimum atomic E-state index is -3.16. The van der Waals surface area contributed by atoms with Gasteiger partial charge in [-0.25, -0.2) is 12.7 Å². The lowest BCUT2D eigenvalue weighted by molar-refractivity contribution is 0.185. The first-order valence-corrected chi connectivity index (χ1v) is 8.38. The third-order valence-corrected chi connectivity index (χ3v) is 5.76. The van der Waals surface area contributed by atoms with Crippen LogP contribution in [0.25, 0.3) is 0 Å². The van der Waals surface area contributed by atoms with Crippen molar-refractivity contribution in [3.8, 4) is 0 Å². The van der Waals surface area contributed by atoms with E-state index in [2.05, 4.69) is 19.2 Å². The van der Waals surface area contributed by atoms with Crippen LogP contribution in [0.4, 0.5) is 0 Å². The molecule has 1 aliphatic rings. The average Bonchev–Trinajstić information content (AvgIpc) is 2.24. The van der Waals surface area contributed by atoms with Gasteiger partial charge in [0, 0.05) is 25.7 Å². The van der Waals surface area contributed by atoms with Gasteiger partial charge in [0.05, 0.1) is 5.25 Å². The lowest BCUT2D eigenvalue weighted by Crippen LogP contribution is -2.49. The Labute approximate surface area is 112 Å². The van der Waals surface area contributed by atoms with Crippen LogP contribution in [0.3, 0.4) is 0 Å². The number of rotatable bonds is 5. The van der Waals surface area contributed by atoms with Crippen LogP contribution in [0.5, 0.6) is 0 Å². The van der Waals surface area contributed by atoms with Crippen molar-refractivity contribution in [1.29, 1.82) is 0 Å². The normalized spacial score (nSPS) is 23.2. The monoisotopic (exact) mass is 276 g/mol. The fraction of sp³-hybridized carbons (Fsp3) is 1.00. The smallest absolute Gasteiger partial charge is 0.217 e. The van der Waals surface area contributed by atoms with Crippen molar-refractivity contribution in [2.24, 2.45) is 5.41 Å².